The number of amides is 4. The Labute approximate surface area is 344 Å². The third-order valence-corrected chi connectivity index (χ3v) is 13.5. The lowest BCUT2D eigenvalue weighted by Crippen LogP contribution is -2.55. The molecule has 2 aliphatic carbocycles. The van der Waals surface area contributed by atoms with E-state index < -0.39 is 24.3 Å². The third-order valence-electron chi connectivity index (χ3n) is 13.5. The zero-order chi connectivity index (χ0) is 41.3. The maximum Gasteiger partial charge on any atom is 0.407 e. The van der Waals surface area contributed by atoms with E-state index in [1.54, 1.807) is 0 Å². The predicted molar refractivity (Wildman–Crippen MR) is 224 cm³/mol. The average Bonchev–Trinajstić information content (AvgIpc) is 3.86. The van der Waals surface area contributed by atoms with Gasteiger partial charge in [-0.2, -0.15) is 0 Å². The van der Waals surface area contributed by atoms with Crippen LogP contribution in [0.5, 0.6) is 0 Å². The predicted octanol–water partition coefficient (Wildman–Crippen LogP) is 7.33. The molecule has 4 fully saturated rings. The summed E-state index contributed by atoms with van der Waals surface area (Å²) in [6, 6.07) is 18.0. The second-order valence-electron chi connectivity index (χ2n) is 17.7. The monoisotopic (exact) mass is 799 g/mol. The van der Waals surface area contributed by atoms with Crippen LogP contribution in [0.3, 0.4) is 0 Å². The van der Waals surface area contributed by atoms with E-state index in [1.807, 2.05) is 43.7 Å². The van der Waals surface area contributed by atoms with Gasteiger partial charge in [0.2, 0.25) is 11.8 Å². The van der Waals surface area contributed by atoms with Gasteiger partial charge >= 0.3 is 12.2 Å². The number of aromatic amines is 1. The van der Waals surface area contributed by atoms with Gasteiger partial charge in [0, 0.05) is 24.2 Å². The SMILES string of the molecule is COC(=O)N[C@H](C(=O)N1[C@@H]2CC[C@@H](C2)[C@H]1c1ncc(-c2ccc(-c3ccc4c5c(ccc4c3)N=C([C@@H]3C[C@H]4C[C@H]4N3C(=O)[C@@H](NC(=O)OC)C(C)C)C5)cc2)[nH]1)C(C)C. The van der Waals surface area contributed by atoms with E-state index in [4.69, 9.17) is 19.5 Å². The quantitative estimate of drug-likeness (QED) is 0.152. The van der Waals surface area contributed by atoms with Gasteiger partial charge in [0.25, 0.3) is 0 Å². The molecule has 0 radical (unpaired) electrons. The lowest BCUT2D eigenvalue weighted by molar-refractivity contribution is -0.139. The molecule has 4 amide bonds. The van der Waals surface area contributed by atoms with Gasteiger partial charge in [0.1, 0.15) is 17.9 Å². The van der Waals surface area contributed by atoms with E-state index in [0.29, 0.717) is 18.3 Å². The first kappa shape index (κ1) is 38.8. The molecular weight excluding hydrogens is 747 g/mol. The lowest BCUT2D eigenvalue weighted by Gasteiger charge is -2.37. The molecule has 8 atom stereocenters. The van der Waals surface area contributed by atoms with Crippen molar-refractivity contribution >= 4 is 46.2 Å². The number of piperidine rings is 2. The number of hydrogen-bond donors (Lipinski definition) is 3. The number of alkyl carbamates (subject to hydrolysis) is 2. The van der Waals surface area contributed by atoms with Gasteiger partial charge in [-0.15, -0.1) is 0 Å². The van der Waals surface area contributed by atoms with Crippen LogP contribution in [0, 0.1) is 23.7 Å². The highest BCUT2D eigenvalue weighted by atomic mass is 16.5. The van der Waals surface area contributed by atoms with Crippen molar-refractivity contribution in [3.8, 4) is 22.4 Å². The number of H-pyrrole nitrogens is 1. The van der Waals surface area contributed by atoms with Crippen molar-refractivity contribution in [1.82, 2.24) is 30.4 Å². The van der Waals surface area contributed by atoms with Crippen molar-refractivity contribution in [1.29, 1.82) is 0 Å². The number of ether oxygens (including phenoxy) is 2. The zero-order valence-electron chi connectivity index (χ0n) is 34.5. The number of aromatic nitrogens is 2. The summed E-state index contributed by atoms with van der Waals surface area (Å²) in [5.74, 6) is 1.24. The molecule has 5 aliphatic rings. The molecule has 0 spiro atoms. The summed E-state index contributed by atoms with van der Waals surface area (Å²) in [6.07, 6.45) is 6.17. The van der Waals surface area contributed by atoms with Crippen molar-refractivity contribution in [2.24, 2.45) is 28.7 Å². The molecule has 2 bridgehead atoms. The van der Waals surface area contributed by atoms with Crippen molar-refractivity contribution in [3.05, 3.63) is 72.2 Å². The largest absolute Gasteiger partial charge is 0.453 e. The Bertz CT molecular complexity index is 2350. The summed E-state index contributed by atoms with van der Waals surface area (Å²) in [4.78, 5) is 69.6. The van der Waals surface area contributed by atoms with Gasteiger partial charge in [0.15, 0.2) is 0 Å². The number of fused-ring (bicyclic) bond motifs is 6. The molecule has 3 aliphatic heterocycles. The fourth-order valence-corrected chi connectivity index (χ4v) is 10.3. The maximum absolute atomic E-state index is 14.0. The Morgan fingerprint density at radius 3 is 2.10 bits per heavy atom. The maximum atomic E-state index is 14.0. The average molecular weight is 800 g/mol. The number of rotatable bonds is 10. The van der Waals surface area contributed by atoms with Crippen LogP contribution in [0.2, 0.25) is 0 Å². The molecule has 1 aromatic heterocycles. The highest BCUT2D eigenvalue weighted by Crippen LogP contribution is 2.51. The van der Waals surface area contributed by atoms with Crippen molar-refractivity contribution in [3.63, 3.8) is 0 Å². The van der Waals surface area contributed by atoms with Crippen LogP contribution >= 0.6 is 0 Å². The van der Waals surface area contributed by atoms with Crippen LogP contribution in [0.1, 0.15) is 77.2 Å². The van der Waals surface area contributed by atoms with Gasteiger partial charge in [0.05, 0.1) is 43.9 Å². The molecule has 2 saturated heterocycles. The number of imidazole rings is 1. The molecule has 4 heterocycles. The smallest absolute Gasteiger partial charge is 0.407 e. The Morgan fingerprint density at radius 1 is 0.763 bits per heavy atom. The van der Waals surface area contributed by atoms with Crippen LogP contribution in [0.15, 0.2) is 65.8 Å². The van der Waals surface area contributed by atoms with Gasteiger partial charge in [-0.25, -0.2) is 14.6 Å². The van der Waals surface area contributed by atoms with Crippen molar-refractivity contribution in [2.75, 3.05) is 14.2 Å². The number of carbonyl (C=O) groups excluding carboxylic acids is 4. The minimum absolute atomic E-state index is 0.0575. The Hall–Kier alpha value is -5.72. The van der Waals surface area contributed by atoms with Crippen LogP contribution in [-0.2, 0) is 25.5 Å². The molecule has 9 rings (SSSR count). The van der Waals surface area contributed by atoms with Crippen LogP contribution in [0.4, 0.5) is 15.3 Å². The second-order valence-corrected chi connectivity index (χ2v) is 17.7. The van der Waals surface area contributed by atoms with E-state index in [-0.39, 0.29) is 47.8 Å². The molecule has 3 aromatic carbocycles. The highest BCUT2D eigenvalue weighted by Gasteiger charge is 2.57. The number of nitrogens with zero attached hydrogens (tertiary/aromatic N) is 4. The number of benzene rings is 3. The molecule has 4 aromatic rings. The van der Waals surface area contributed by atoms with Crippen molar-refractivity contribution < 1.29 is 28.7 Å². The Morgan fingerprint density at radius 2 is 1.42 bits per heavy atom. The summed E-state index contributed by atoms with van der Waals surface area (Å²) in [7, 11) is 2.63. The number of methoxy groups -OCH3 is 2. The second kappa shape index (κ2) is 15.1. The highest BCUT2D eigenvalue weighted by molar-refractivity contribution is 6.06. The van der Waals surface area contributed by atoms with Gasteiger partial charge < -0.3 is 34.9 Å². The molecule has 59 heavy (non-hydrogen) atoms. The van der Waals surface area contributed by atoms with Crippen LogP contribution < -0.4 is 10.6 Å². The third kappa shape index (κ3) is 6.91. The number of carbonyl (C=O) groups is 4. The summed E-state index contributed by atoms with van der Waals surface area (Å²) in [5.41, 5.74) is 7.25. The molecule has 0 unspecified atom stereocenters. The van der Waals surface area contributed by atoms with Gasteiger partial charge in [-0.3, -0.25) is 14.6 Å². The summed E-state index contributed by atoms with van der Waals surface area (Å²) in [6.45, 7) is 7.75. The number of hydrogen-bond acceptors (Lipinski definition) is 8. The Balaban J connectivity index is 0.902. The first-order valence-corrected chi connectivity index (χ1v) is 21.1. The molecule has 2 saturated carbocycles. The molecule has 13 nitrogen and oxygen atoms in total. The summed E-state index contributed by atoms with van der Waals surface area (Å²) in [5, 5.41) is 7.83. The van der Waals surface area contributed by atoms with E-state index in [2.05, 4.69) is 70.2 Å². The first-order valence-electron chi connectivity index (χ1n) is 21.1. The number of likely N-dealkylation sites (tertiary alicyclic amines) is 2. The van der Waals surface area contributed by atoms with E-state index in [9.17, 15) is 19.2 Å². The summed E-state index contributed by atoms with van der Waals surface area (Å²) >= 11 is 0. The molecule has 308 valence electrons. The minimum Gasteiger partial charge on any atom is -0.453 e. The lowest BCUT2D eigenvalue weighted by atomic mass is 9.94. The van der Waals surface area contributed by atoms with Crippen LogP contribution in [0.25, 0.3) is 33.2 Å². The number of nitrogens with one attached hydrogen (secondary N) is 3. The van der Waals surface area contributed by atoms with Gasteiger partial charge in [-0.1, -0.05) is 70.2 Å². The first-order chi connectivity index (χ1) is 28.4. The normalized spacial score (nSPS) is 24.8. The Kier molecular flexibility index (Phi) is 9.95. The standard InChI is InChI=1S/C46H53N7O6/c1-23(2)39(50-45(56)58-5)43(54)52-31-14-11-29(18-31)41(52)42-47-22-36(49-42)26-9-7-25(8-10-26)27-12-15-32-28(17-27)13-16-34-33(32)21-35(48-34)38-20-30-19-37(30)53(38)44(55)40(24(3)4)51-46(57)59-6/h7-10,12-13,15-17,22-24,29-31,37-41H,11,14,18-21H2,1-6H3,(H,47,49)(H,50,56)(H,51,57)/t29-,30+,31+,37+,38-,39-,40-,41-/m0/s1. The fraction of sp³-hybridized carbons (Fsp3) is 0.478. The summed E-state index contributed by atoms with van der Waals surface area (Å²) < 4.78 is 9.66. The minimum atomic E-state index is -0.680. The van der Waals surface area contributed by atoms with Crippen LogP contribution in [-0.4, -0.2) is 93.9 Å². The topological polar surface area (TPSA) is 158 Å². The zero-order valence-corrected chi connectivity index (χ0v) is 34.5. The van der Waals surface area contributed by atoms with E-state index in [1.165, 1.54) is 19.8 Å². The van der Waals surface area contributed by atoms with Gasteiger partial charge in [-0.05, 0) is 101 Å². The molecular formula is C46H53N7O6. The van der Waals surface area contributed by atoms with E-state index >= 15 is 0 Å². The number of aliphatic imine (C=N–C) groups is 1. The fourth-order valence-electron chi connectivity index (χ4n) is 10.3. The van der Waals surface area contributed by atoms with Crippen molar-refractivity contribution in [2.45, 2.75) is 102 Å². The molecule has 3 N–H and O–H groups in total. The van der Waals surface area contributed by atoms with E-state index in [0.717, 1.165) is 82.5 Å². The molecule has 13 heteroatoms.